The van der Waals surface area contributed by atoms with Gasteiger partial charge in [-0.25, -0.2) is 8.78 Å². The molecule has 0 amide bonds. The third kappa shape index (κ3) is 1.88. The summed E-state index contributed by atoms with van der Waals surface area (Å²) in [6.07, 6.45) is 2.56. The quantitative estimate of drug-likeness (QED) is 0.759. The molecule has 2 unspecified atom stereocenters. The highest BCUT2D eigenvalue weighted by Gasteiger charge is 2.36. The van der Waals surface area contributed by atoms with E-state index in [4.69, 9.17) is 5.73 Å². The molecule has 15 heavy (non-hydrogen) atoms. The summed E-state index contributed by atoms with van der Waals surface area (Å²) in [5, 5.41) is 0. The van der Waals surface area contributed by atoms with Gasteiger partial charge in [-0.3, -0.25) is 0 Å². The van der Waals surface area contributed by atoms with Crippen LogP contribution in [0.5, 0.6) is 0 Å². The first-order chi connectivity index (χ1) is 7.01. The highest BCUT2D eigenvalue weighted by Crippen LogP contribution is 2.41. The molecule has 1 aromatic rings. The van der Waals surface area contributed by atoms with Crippen molar-refractivity contribution < 1.29 is 8.78 Å². The monoisotopic (exact) mass is 211 g/mol. The predicted molar refractivity (Wildman–Crippen MR) is 55.5 cm³/mol. The van der Waals surface area contributed by atoms with Crippen LogP contribution >= 0.6 is 0 Å². The minimum Gasteiger partial charge on any atom is -0.328 e. The van der Waals surface area contributed by atoms with Crippen molar-refractivity contribution in [1.82, 2.24) is 0 Å². The van der Waals surface area contributed by atoms with Crippen molar-refractivity contribution in [3.63, 3.8) is 0 Å². The Labute approximate surface area is 88.3 Å². The lowest BCUT2D eigenvalue weighted by molar-refractivity contribution is 0.447. The third-order valence-corrected chi connectivity index (χ3v) is 3.36. The van der Waals surface area contributed by atoms with E-state index in [1.54, 1.807) is 6.07 Å². The lowest BCUT2D eigenvalue weighted by atomic mass is 9.80. The van der Waals surface area contributed by atoms with Crippen LogP contribution in [0.3, 0.4) is 0 Å². The molecule has 0 aromatic heterocycles. The zero-order valence-electron chi connectivity index (χ0n) is 8.76. The molecule has 0 bridgehead atoms. The number of halogens is 2. The summed E-state index contributed by atoms with van der Waals surface area (Å²) < 4.78 is 26.4. The number of hydrogen-bond donors (Lipinski definition) is 1. The van der Waals surface area contributed by atoms with Gasteiger partial charge < -0.3 is 5.73 Å². The molecule has 3 heteroatoms. The molecule has 0 saturated heterocycles. The SMILES string of the molecule is CC1(c2ccc(F)cc2F)CCC(N)C1. The minimum absolute atomic E-state index is 0.138. The van der Waals surface area contributed by atoms with E-state index in [1.807, 2.05) is 6.92 Å². The van der Waals surface area contributed by atoms with Gasteiger partial charge in [0.1, 0.15) is 11.6 Å². The first-order valence-electron chi connectivity index (χ1n) is 5.22. The van der Waals surface area contributed by atoms with Crippen LogP contribution in [0.15, 0.2) is 18.2 Å². The van der Waals surface area contributed by atoms with Crippen LogP contribution in [-0.2, 0) is 5.41 Å². The van der Waals surface area contributed by atoms with Gasteiger partial charge in [-0.1, -0.05) is 13.0 Å². The fourth-order valence-electron chi connectivity index (χ4n) is 2.51. The summed E-state index contributed by atoms with van der Waals surface area (Å²) in [5.41, 5.74) is 6.20. The summed E-state index contributed by atoms with van der Waals surface area (Å²) in [5.74, 6) is -0.978. The van der Waals surface area contributed by atoms with Crippen molar-refractivity contribution >= 4 is 0 Å². The lowest BCUT2D eigenvalue weighted by Gasteiger charge is -2.24. The first kappa shape index (κ1) is 10.6. The van der Waals surface area contributed by atoms with Crippen LogP contribution < -0.4 is 5.73 Å². The smallest absolute Gasteiger partial charge is 0.129 e. The van der Waals surface area contributed by atoms with E-state index in [0.29, 0.717) is 5.56 Å². The van der Waals surface area contributed by atoms with Gasteiger partial charge in [0.05, 0.1) is 0 Å². The van der Waals surface area contributed by atoms with Crippen LogP contribution in [0.2, 0.25) is 0 Å². The first-order valence-corrected chi connectivity index (χ1v) is 5.22. The zero-order valence-corrected chi connectivity index (χ0v) is 8.76. The molecule has 1 aliphatic carbocycles. The van der Waals surface area contributed by atoms with E-state index in [9.17, 15) is 8.78 Å². The van der Waals surface area contributed by atoms with Gasteiger partial charge >= 0.3 is 0 Å². The summed E-state index contributed by atoms with van der Waals surface area (Å²) in [7, 11) is 0. The standard InChI is InChI=1S/C12H15F2N/c1-12(5-4-9(15)7-12)10-3-2-8(13)6-11(10)14/h2-3,6,9H,4-5,7,15H2,1H3. The Hall–Kier alpha value is -0.960. The molecule has 1 nitrogen and oxygen atoms in total. The topological polar surface area (TPSA) is 26.0 Å². The van der Waals surface area contributed by atoms with E-state index in [-0.39, 0.29) is 11.5 Å². The fourth-order valence-corrected chi connectivity index (χ4v) is 2.51. The van der Waals surface area contributed by atoms with Crippen molar-refractivity contribution in [3.05, 3.63) is 35.4 Å². The Morgan fingerprint density at radius 1 is 1.40 bits per heavy atom. The number of benzene rings is 1. The molecule has 1 fully saturated rings. The van der Waals surface area contributed by atoms with Crippen molar-refractivity contribution in [3.8, 4) is 0 Å². The molecule has 1 aromatic carbocycles. The molecular formula is C12H15F2N. The predicted octanol–water partition coefficient (Wildman–Crippen LogP) is 2.73. The molecule has 0 radical (unpaired) electrons. The fraction of sp³-hybridized carbons (Fsp3) is 0.500. The van der Waals surface area contributed by atoms with Gasteiger partial charge in [0, 0.05) is 12.1 Å². The van der Waals surface area contributed by atoms with Crippen molar-refractivity contribution in [2.45, 2.75) is 37.6 Å². The average molecular weight is 211 g/mol. The normalized spacial score (nSPS) is 30.8. The number of hydrogen-bond acceptors (Lipinski definition) is 1. The molecule has 0 spiro atoms. The van der Waals surface area contributed by atoms with E-state index < -0.39 is 11.6 Å². The Balaban J connectivity index is 2.37. The molecule has 1 aliphatic rings. The minimum atomic E-state index is -0.526. The third-order valence-electron chi connectivity index (χ3n) is 3.36. The maximum Gasteiger partial charge on any atom is 0.129 e. The van der Waals surface area contributed by atoms with E-state index in [1.165, 1.54) is 6.07 Å². The molecular weight excluding hydrogens is 196 g/mol. The molecule has 0 aliphatic heterocycles. The second-order valence-electron chi connectivity index (χ2n) is 4.69. The maximum absolute atomic E-state index is 13.6. The Kier molecular flexibility index (Phi) is 2.51. The molecule has 2 rings (SSSR count). The van der Waals surface area contributed by atoms with Crippen LogP contribution in [0.4, 0.5) is 8.78 Å². The van der Waals surface area contributed by atoms with E-state index in [2.05, 4.69) is 0 Å². The molecule has 2 atom stereocenters. The molecule has 1 saturated carbocycles. The zero-order chi connectivity index (χ0) is 11.1. The van der Waals surface area contributed by atoms with E-state index >= 15 is 0 Å². The Bertz CT molecular complexity index is 378. The van der Waals surface area contributed by atoms with E-state index in [0.717, 1.165) is 25.3 Å². The summed E-state index contributed by atoms with van der Waals surface area (Å²) in [4.78, 5) is 0. The van der Waals surface area contributed by atoms with Gasteiger partial charge in [0.25, 0.3) is 0 Å². The van der Waals surface area contributed by atoms with Crippen molar-refractivity contribution in [2.75, 3.05) is 0 Å². The molecule has 2 N–H and O–H groups in total. The summed E-state index contributed by atoms with van der Waals surface area (Å²) in [6, 6.07) is 3.94. The maximum atomic E-state index is 13.6. The molecule has 82 valence electrons. The van der Waals surface area contributed by atoms with Crippen molar-refractivity contribution in [1.29, 1.82) is 0 Å². The van der Waals surface area contributed by atoms with Crippen LogP contribution in [0.25, 0.3) is 0 Å². The van der Waals surface area contributed by atoms with Crippen LogP contribution in [-0.4, -0.2) is 6.04 Å². The van der Waals surface area contributed by atoms with Crippen molar-refractivity contribution in [2.24, 2.45) is 5.73 Å². The van der Waals surface area contributed by atoms with Gasteiger partial charge in [-0.05, 0) is 36.3 Å². The Morgan fingerprint density at radius 2 is 2.13 bits per heavy atom. The van der Waals surface area contributed by atoms with Gasteiger partial charge in [0.15, 0.2) is 0 Å². The Morgan fingerprint density at radius 3 is 2.67 bits per heavy atom. The van der Waals surface area contributed by atoms with Crippen LogP contribution in [0, 0.1) is 11.6 Å². The largest absolute Gasteiger partial charge is 0.328 e. The molecule has 0 heterocycles. The van der Waals surface area contributed by atoms with Gasteiger partial charge in [0.2, 0.25) is 0 Å². The number of rotatable bonds is 1. The van der Waals surface area contributed by atoms with Crippen LogP contribution in [0.1, 0.15) is 31.7 Å². The summed E-state index contributed by atoms with van der Waals surface area (Å²) >= 11 is 0. The summed E-state index contributed by atoms with van der Waals surface area (Å²) in [6.45, 7) is 2.00. The second-order valence-corrected chi connectivity index (χ2v) is 4.69. The second kappa shape index (κ2) is 3.56. The average Bonchev–Trinajstić information content (AvgIpc) is 2.46. The lowest BCUT2D eigenvalue weighted by Crippen LogP contribution is -2.23. The van der Waals surface area contributed by atoms with Gasteiger partial charge in [-0.2, -0.15) is 0 Å². The highest BCUT2D eigenvalue weighted by atomic mass is 19.1. The van der Waals surface area contributed by atoms with Gasteiger partial charge in [-0.15, -0.1) is 0 Å². The highest BCUT2D eigenvalue weighted by molar-refractivity contribution is 5.28. The number of nitrogens with two attached hydrogens (primary N) is 1.